The van der Waals surface area contributed by atoms with Crippen LogP contribution < -0.4 is 19.7 Å². The number of carboxylic acids is 1. The number of halogens is 4. The van der Waals surface area contributed by atoms with Gasteiger partial charge in [-0.3, -0.25) is 19.4 Å². The van der Waals surface area contributed by atoms with Crippen LogP contribution in [-0.4, -0.2) is 165 Å². The molecule has 3 N–H and O–H groups in total. The highest BCUT2D eigenvalue weighted by molar-refractivity contribution is 7.99. The second kappa shape index (κ2) is 27.4. The molecule has 2 fully saturated rings. The molecule has 0 saturated carbocycles. The third-order valence-electron chi connectivity index (χ3n) is 16.1. The van der Waals surface area contributed by atoms with Gasteiger partial charge in [-0.05, 0) is 115 Å². The van der Waals surface area contributed by atoms with Crippen LogP contribution in [0.25, 0.3) is 5.57 Å². The third-order valence-corrected chi connectivity index (χ3v) is 20.4. The number of carbonyl (C=O) groups excluding carboxylic acids is 2. The number of nitrogens with one attached hydrogen (secondary N) is 2. The zero-order chi connectivity index (χ0) is 61.6. The number of alkyl halides is 3. The molecule has 1 unspecified atom stereocenters. The van der Waals surface area contributed by atoms with Gasteiger partial charge in [-0.25, -0.2) is 31.0 Å². The van der Waals surface area contributed by atoms with Crippen molar-refractivity contribution in [2.75, 3.05) is 88.1 Å². The molecule has 1 aliphatic carbocycles. The first-order chi connectivity index (χ1) is 40.8. The van der Waals surface area contributed by atoms with Gasteiger partial charge >= 0.3 is 11.5 Å². The minimum atomic E-state index is -6.17. The molecule has 26 heteroatoms. The normalized spacial score (nSPS) is 18.5. The van der Waals surface area contributed by atoms with E-state index in [0.717, 1.165) is 61.6 Å². The van der Waals surface area contributed by atoms with Crippen LogP contribution in [0.3, 0.4) is 0 Å². The Kier molecular flexibility index (Phi) is 20.5. The van der Waals surface area contributed by atoms with Crippen LogP contribution >= 0.6 is 23.4 Å². The van der Waals surface area contributed by atoms with Gasteiger partial charge in [-0.2, -0.15) is 13.2 Å². The van der Waals surface area contributed by atoms with E-state index in [1.165, 1.54) is 51.5 Å². The smallest absolute Gasteiger partial charge is 0.489 e. The van der Waals surface area contributed by atoms with Crippen LogP contribution in [0, 0.1) is 11.3 Å². The second-order valence-electron chi connectivity index (χ2n) is 23.4. The number of hydrogen-bond donors (Lipinski definition) is 3. The van der Waals surface area contributed by atoms with Crippen molar-refractivity contribution < 1.29 is 59.0 Å². The molecule has 0 radical (unpaired) electrons. The van der Waals surface area contributed by atoms with E-state index in [4.69, 9.17) is 21.1 Å². The van der Waals surface area contributed by atoms with Gasteiger partial charge in [0.05, 0.1) is 35.1 Å². The van der Waals surface area contributed by atoms with Crippen molar-refractivity contribution in [1.82, 2.24) is 34.4 Å². The Morgan fingerprint density at radius 2 is 1.66 bits per heavy atom. The number of sulfone groups is 1. The zero-order valence-electron chi connectivity index (χ0n) is 48.5. The summed E-state index contributed by atoms with van der Waals surface area (Å²) in [4.78, 5) is 45.7. The maximum Gasteiger partial charge on any atom is 0.501 e. The maximum absolute atomic E-state index is 14.5. The first-order valence-electron chi connectivity index (χ1n) is 28.7. The summed E-state index contributed by atoms with van der Waals surface area (Å²) in [5.41, 5.74) is -1.06. The number of benzene rings is 4. The number of thioether (sulfide) groups is 1. The lowest BCUT2D eigenvalue weighted by molar-refractivity contribution is -0.142. The van der Waals surface area contributed by atoms with Gasteiger partial charge in [0, 0.05) is 99.2 Å². The number of nitrogens with zero attached hydrogens (tertiary/aromatic N) is 7. The zero-order valence-corrected chi connectivity index (χ0v) is 51.7. The fourth-order valence-corrected chi connectivity index (χ4v) is 14.6. The average Bonchev–Trinajstić information content (AvgIpc) is 3.09. The number of amides is 2. The molecule has 4 heterocycles. The van der Waals surface area contributed by atoms with E-state index in [0.29, 0.717) is 81.2 Å². The van der Waals surface area contributed by atoms with Gasteiger partial charge in [0.25, 0.3) is 25.8 Å². The summed E-state index contributed by atoms with van der Waals surface area (Å²) < 4.78 is 113. The summed E-state index contributed by atoms with van der Waals surface area (Å²) >= 11 is 7.63. The Balaban J connectivity index is 0.814. The number of anilines is 2. The summed E-state index contributed by atoms with van der Waals surface area (Å²) in [7, 11) is -11.1. The standard InChI is InChI=1S/C60H73ClF3N9O10S3/c1-40(2)56(58(76)77)73-35-46(66-68-73)37-82-30-8-11-55(74)71-27-24-69(25-28-71)23-21-45(39-84-48-9-6-5-7-10-48)65-51-18-17-49(32-54(51)85(78,79)60(62,63)64)86(80,81)67-57(75)42-14-19-52-53(31-42)83-38-47-36-70(26-29-72(47)52)34-43-33-59(3,4)22-20-50(43)41-12-15-44(61)16-13-41/h5-7,9-10,12-19,31-32,35,40,45,47,56,65H,8,11,20-30,33-34,36-39H2,1-4H3,(H,67,75)(H,76,77)/t45-,47+,56?/m1/s1. The van der Waals surface area contributed by atoms with E-state index in [2.05, 4.69) is 56.3 Å². The van der Waals surface area contributed by atoms with E-state index in [9.17, 15) is 49.5 Å². The summed E-state index contributed by atoms with van der Waals surface area (Å²) in [6.07, 6.45) is 5.57. The summed E-state index contributed by atoms with van der Waals surface area (Å²) in [6, 6.07) is 22.6. The Morgan fingerprint density at radius 3 is 2.37 bits per heavy atom. The molecule has 0 spiro atoms. The second-order valence-corrected chi connectivity index (χ2v) is 28.5. The quantitative estimate of drug-likeness (QED) is 0.0386. The number of fused-ring (bicyclic) bond motifs is 3. The number of carboxylic acid groups (broad SMARTS) is 1. The molecule has 464 valence electrons. The molecular formula is C60H73ClF3N9O10S3. The molecule has 2 saturated heterocycles. The monoisotopic (exact) mass is 1270 g/mol. The van der Waals surface area contributed by atoms with Gasteiger partial charge in [0.2, 0.25) is 5.91 Å². The first kappa shape index (κ1) is 64.3. The number of sulfonamides is 1. The van der Waals surface area contributed by atoms with Crippen LogP contribution in [0.5, 0.6) is 5.75 Å². The lowest BCUT2D eigenvalue weighted by atomic mass is 9.72. The van der Waals surface area contributed by atoms with Crippen molar-refractivity contribution in [2.24, 2.45) is 11.3 Å². The molecule has 0 bridgehead atoms. The summed E-state index contributed by atoms with van der Waals surface area (Å²) in [5.74, 6) is -1.75. The van der Waals surface area contributed by atoms with E-state index < -0.39 is 64.8 Å². The molecule has 4 aliphatic rings. The molecule has 1 aromatic heterocycles. The van der Waals surface area contributed by atoms with Crippen molar-refractivity contribution in [2.45, 2.75) is 111 Å². The van der Waals surface area contributed by atoms with E-state index >= 15 is 0 Å². The largest absolute Gasteiger partial charge is 0.501 e. The number of aliphatic carboxylic acids is 1. The minimum absolute atomic E-state index is 0.00156. The predicted octanol–water partition coefficient (Wildman–Crippen LogP) is 9.28. The van der Waals surface area contributed by atoms with E-state index in [-0.39, 0.29) is 54.2 Å². The molecule has 2 amide bonds. The SMILES string of the molecule is CC(C)C(C(=O)O)n1cc(COCCCC(=O)N2CCN(CC[C@H](CSc3ccccc3)Nc3ccc(S(=O)(=O)NC(=O)c4ccc5c(c4)OC[C@@H]4CN(CC6=C(c7ccc(Cl)cc7)CCC(C)(C)C6)CCN54)cc3S(=O)(=O)C(F)(F)F)CC2)nn1. The molecule has 4 aromatic carbocycles. The Hall–Kier alpha value is -6.22. The predicted molar refractivity (Wildman–Crippen MR) is 322 cm³/mol. The summed E-state index contributed by atoms with van der Waals surface area (Å²) in [6.45, 7) is 14.1. The number of ether oxygens (including phenoxy) is 2. The van der Waals surface area contributed by atoms with Crippen LogP contribution in [0.2, 0.25) is 5.02 Å². The van der Waals surface area contributed by atoms with Crippen molar-refractivity contribution in [3.63, 3.8) is 0 Å². The third kappa shape index (κ3) is 15.9. The average molecular weight is 1270 g/mol. The van der Waals surface area contributed by atoms with Gasteiger partial charge < -0.3 is 29.7 Å². The number of carbonyl (C=O) groups is 3. The highest BCUT2D eigenvalue weighted by Crippen LogP contribution is 2.44. The molecule has 86 heavy (non-hydrogen) atoms. The van der Waals surface area contributed by atoms with E-state index in [1.54, 1.807) is 24.8 Å². The van der Waals surface area contributed by atoms with Crippen molar-refractivity contribution in [3.05, 3.63) is 125 Å². The van der Waals surface area contributed by atoms with Crippen LogP contribution in [0.1, 0.15) is 93.9 Å². The fraction of sp³-hybridized carbons (Fsp3) is 0.483. The number of hydrogen-bond acceptors (Lipinski definition) is 16. The number of aromatic nitrogens is 3. The topological polar surface area (TPSA) is 226 Å². The van der Waals surface area contributed by atoms with Crippen molar-refractivity contribution >= 4 is 78.0 Å². The Bertz CT molecular complexity index is 3490. The number of piperazine rings is 2. The molecular weight excluding hydrogens is 1200 g/mol. The Labute approximate surface area is 509 Å². The lowest BCUT2D eigenvalue weighted by Crippen LogP contribution is -2.57. The minimum Gasteiger partial charge on any atom is -0.489 e. The number of rotatable bonds is 24. The van der Waals surface area contributed by atoms with Crippen molar-refractivity contribution in [1.29, 1.82) is 0 Å². The molecule has 3 aliphatic heterocycles. The summed E-state index contributed by atoms with van der Waals surface area (Å²) in [5, 5.41) is 21.2. The van der Waals surface area contributed by atoms with Gasteiger partial charge in [-0.1, -0.05) is 80.4 Å². The molecule has 9 rings (SSSR count). The van der Waals surface area contributed by atoms with Crippen LogP contribution in [-0.2, 0) is 40.8 Å². The van der Waals surface area contributed by atoms with Crippen LogP contribution in [0.15, 0.2) is 117 Å². The van der Waals surface area contributed by atoms with E-state index in [1.807, 2.05) is 47.2 Å². The lowest BCUT2D eigenvalue weighted by Gasteiger charge is -2.46. The fourth-order valence-electron chi connectivity index (χ4n) is 11.5. The van der Waals surface area contributed by atoms with Gasteiger partial charge in [0.1, 0.15) is 22.9 Å². The highest BCUT2D eigenvalue weighted by atomic mass is 35.5. The Morgan fingerprint density at radius 1 is 0.930 bits per heavy atom. The van der Waals surface area contributed by atoms with Gasteiger partial charge in [-0.15, -0.1) is 16.9 Å². The van der Waals surface area contributed by atoms with Crippen molar-refractivity contribution in [3.8, 4) is 5.75 Å². The number of allylic oxidation sites excluding steroid dienone is 1. The van der Waals surface area contributed by atoms with Gasteiger partial charge in [0.15, 0.2) is 6.04 Å². The van der Waals surface area contributed by atoms with Crippen LogP contribution in [0.4, 0.5) is 24.5 Å². The molecule has 19 nitrogen and oxygen atoms in total. The molecule has 3 atom stereocenters. The maximum atomic E-state index is 14.5. The highest BCUT2D eigenvalue weighted by Gasteiger charge is 2.49. The first-order valence-corrected chi connectivity index (χ1v) is 33.1. The molecule has 5 aromatic rings.